The summed E-state index contributed by atoms with van der Waals surface area (Å²) in [5, 5.41) is 2.98. The molecule has 2 rings (SSSR count). The van der Waals surface area contributed by atoms with Gasteiger partial charge in [-0.1, -0.05) is 0 Å². The predicted molar refractivity (Wildman–Crippen MR) is 100 cm³/mol. The fourth-order valence-electron chi connectivity index (χ4n) is 2.54. The summed E-state index contributed by atoms with van der Waals surface area (Å²) in [4.78, 5) is 16.7. The van der Waals surface area contributed by atoms with Crippen molar-refractivity contribution in [2.24, 2.45) is 0 Å². The van der Waals surface area contributed by atoms with Gasteiger partial charge < -0.3 is 19.5 Å². The summed E-state index contributed by atoms with van der Waals surface area (Å²) in [7, 11) is 0. The number of carbonyl (C=O) groups excluding carboxylic acids is 1. The topological polar surface area (TPSA) is 69.7 Å². The van der Waals surface area contributed by atoms with E-state index in [9.17, 15) is 4.79 Å². The lowest BCUT2D eigenvalue weighted by Gasteiger charge is -2.18. The molecule has 1 heterocycles. The number of benzene rings is 1. The third-order valence-electron chi connectivity index (χ3n) is 3.73. The third-order valence-corrected chi connectivity index (χ3v) is 3.73. The quantitative estimate of drug-likeness (QED) is 0.739. The van der Waals surface area contributed by atoms with E-state index in [0.717, 1.165) is 5.56 Å². The van der Waals surface area contributed by atoms with E-state index in [1.807, 2.05) is 39.8 Å². The van der Waals surface area contributed by atoms with Crippen LogP contribution in [0, 0.1) is 0 Å². The van der Waals surface area contributed by atoms with Gasteiger partial charge in [-0.2, -0.15) is 0 Å². The summed E-state index contributed by atoms with van der Waals surface area (Å²) in [6.07, 6.45) is 3.41. The van der Waals surface area contributed by atoms with Gasteiger partial charge in [0.05, 0.1) is 25.9 Å². The van der Waals surface area contributed by atoms with Gasteiger partial charge in [0.2, 0.25) is 5.75 Å². The zero-order valence-electron chi connectivity index (χ0n) is 15.7. The molecule has 0 bridgehead atoms. The molecule has 0 unspecified atom stereocenters. The van der Waals surface area contributed by atoms with Crippen molar-refractivity contribution in [3.63, 3.8) is 0 Å². The lowest BCUT2D eigenvalue weighted by Crippen LogP contribution is -2.26. The Kier molecular flexibility index (Phi) is 7.26. The van der Waals surface area contributed by atoms with Crippen molar-refractivity contribution in [2.45, 2.75) is 33.7 Å². The molecule has 0 saturated carbocycles. The fraction of sp³-hybridized carbons (Fsp3) is 0.400. The Morgan fingerprint density at radius 2 is 1.54 bits per heavy atom. The molecule has 0 aliphatic rings. The Balaban J connectivity index is 2.30. The maximum Gasteiger partial charge on any atom is 0.252 e. The van der Waals surface area contributed by atoms with E-state index in [2.05, 4.69) is 10.3 Å². The van der Waals surface area contributed by atoms with Crippen LogP contribution in [-0.4, -0.2) is 30.7 Å². The number of pyridine rings is 1. The van der Waals surface area contributed by atoms with Crippen molar-refractivity contribution in [1.29, 1.82) is 0 Å². The normalized spacial score (nSPS) is 11.5. The molecule has 0 aliphatic heterocycles. The van der Waals surface area contributed by atoms with Crippen LogP contribution in [0.3, 0.4) is 0 Å². The number of ether oxygens (including phenoxy) is 3. The number of amides is 1. The van der Waals surface area contributed by atoms with E-state index in [4.69, 9.17) is 14.2 Å². The highest BCUT2D eigenvalue weighted by atomic mass is 16.5. The maximum atomic E-state index is 12.7. The van der Waals surface area contributed by atoms with Gasteiger partial charge in [-0.05, 0) is 57.5 Å². The van der Waals surface area contributed by atoms with Gasteiger partial charge in [-0.3, -0.25) is 9.78 Å². The smallest absolute Gasteiger partial charge is 0.252 e. The summed E-state index contributed by atoms with van der Waals surface area (Å²) in [5.41, 5.74) is 1.44. The first-order chi connectivity index (χ1) is 12.6. The second kappa shape index (κ2) is 9.65. The number of carbonyl (C=O) groups is 1. The third kappa shape index (κ3) is 4.88. The van der Waals surface area contributed by atoms with E-state index in [1.54, 1.807) is 24.5 Å². The molecule has 1 amide bonds. The largest absolute Gasteiger partial charge is 0.490 e. The molecular weight excluding hydrogens is 332 g/mol. The van der Waals surface area contributed by atoms with Crippen LogP contribution in [-0.2, 0) is 0 Å². The van der Waals surface area contributed by atoms with Gasteiger partial charge in [0.1, 0.15) is 0 Å². The monoisotopic (exact) mass is 358 g/mol. The molecule has 6 heteroatoms. The number of nitrogens with one attached hydrogen (secondary N) is 1. The minimum absolute atomic E-state index is 0.150. The summed E-state index contributed by atoms with van der Waals surface area (Å²) >= 11 is 0. The van der Waals surface area contributed by atoms with Crippen LogP contribution in [0.2, 0.25) is 0 Å². The average molecular weight is 358 g/mol. The Bertz CT molecular complexity index is 692. The van der Waals surface area contributed by atoms with Gasteiger partial charge in [0.25, 0.3) is 5.91 Å². The minimum atomic E-state index is -0.209. The van der Waals surface area contributed by atoms with E-state index in [1.165, 1.54) is 0 Å². The van der Waals surface area contributed by atoms with Crippen molar-refractivity contribution in [3.8, 4) is 17.2 Å². The van der Waals surface area contributed by atoms with Crippen LogP contribution in [0.4, 0.5) is 0 Å². The van der Waals surface area contributed by atoms with Crippen molar-refractivity contribution in [2.75, 3.05) is 19.8 Å². The molecule has 1 aromatic carbocycles. The van der Waals surface area contributed by atoms with Gasteiger partial charge in [0.15, 0.2) is 11.5 Å². The lowest BCUT2D eigenvalue weighted by atomic mass is 10.1. The van der Waals surface area contributed by atoms with Crippen LogP contribution < -0.4 is 19.5 Å². The Morgan fingerprint density at radius 1 is 1.00 bits per heavy atom. The summed E-state index contributed by atoms with van der Waals surface area (Å²) in [6.45, 7) is 8.98. The van der Waals surface area contributed by atoms with Crippen molar-refractivity contribution in [3.05, 3.63) is 47.8 Å². The molecule has 26 heavy (non-hydrogen) atoms. The molecule has 0 saturated heterocycles. The van der Waals surface area contributed by atoms with Crippen LogP contribution in [0.25, 0.3) is 0 Å². The first-order valence-electron chi connectivity index (χ1n) is 8.87. The molecule has 1 aromatic heterocycles. The Morgan fingerprint density at radius 3 is 2.04 bits per heavy atom. The highest BCUT2D eigenvalue weighted by Gasteiger charge is 2.19. The van der Waals surface area contributed by atoms with Crippen LogP contribution in [0.5, 0.6) is 17.2 Å². The average Bonchev–Trinajstić information content (AvgIpc) is 2.65. The first kappa shape index (κ1) is 19.6. The van der Waals surface area contributed by atoms with Crippen LogP contribution >= 0.6 is 0 Å². The molecule has 0 spiro atoms. The van der Waals surface area contributed by atoms with E-state index < -0.39 is 0 Å². The van der Waals surface area contributed by atoms with Gasteiger partial charge in [-0.25, -0.2) is 0 Å². The summed E-state index contributed by atoms with van der Waals surface area (Å²) in [5.74, 6) is 1.32. The molecular formula is C20H26N2O4. The lowest BCUT2D eigenvalue weighted by molar-refractivity contribution is 0.0938. The second-order valence-electron chi connectivity index (χ2n) is 5.58. The van der Waals surface area contributed by atoms with Crippen LogP contribution in [0.1, 0.15) is 49.7 Å². The molecule has 6 nitrogen and oxygen atoms in total. The zero-order chi connectivity index (χ0) is 18.9. The number of aromatic nitrogens is 1. The SMILES string of the molecule is CCOc1cc(C(=O)N[C@H](C)c2ccncc2)cc(OCC)c1OCC. The number of hydrogen-bond acceptors (Lipinski definition) is 5. The molecule has 0 fully saturated rings. The zero-order valence-corrected chi connectivity index (χ0v) is 15.7. The molecule has 0 aliphatic carbocycles. The van der Waals surface area contributed by atoms with Crippen molar-refractivity contribution < 1.29 is 19.0 Å². The van der Waals surface area contributed by atoms with E-state index in [-0.39, 0.29) is 11.9 Å². The van der Waals surface area contributed by atoms with Gasteiger partial charge in [-0.15, -0.1) is 0 Å². The number of rotatable bonds is 9. The van der Waals surface area contributed by atoms with Gasteiger partial charge in [0, 0.05) is 18.0 Å². The predicted octanol–water partition coefficient (Wildman–Crippen LogP) is 3.77. The maximum absolute atomic E-state index is 12.7. The van der Waals surface area contributed by atoms with Crippen LogP contribution in [0.15, 0.2) is 36.7 Å². The molecule has 0 radical (unpaired) electrons. The standard InChI is InChI=1S/C20H26N2O4/c1-5-24-17-12-16(13-18(25-6-2)19(17)26-7-3)20(23)22-14(4)15-8-10-21-11-9-15/h8-14H,5-7H2,1-4H3,(H,22,23)/t14-/m1/s1. The van der Waals surface area contributed by atoms with Gasteiger partial charge >= 0.3 is 0 Å². The van der Waals surface area contributed by atoms with E-state index in [0.29, 0.717) is 42.6 Å². The van der Waals surface area contributed by atoms with Crippen molar-refractivity contribution in [1.82, 2.24) is 10.3 Å². The van der Waals surface area contributed by atoms with Crippen molar-refractivity contribution >= 4 is 5.91 Å². The summed E-state index contributed by atoms with van der Waals surface area (Å²) in [6, 6.07) is 6.97. The fourth-order valence-corrected chi connectivity index (χ4v) is 2.54. The van der Waals surface area contributed by atoms with E-state index >= 15 is 0 Å². The second-order valence-corrected chi connectivity index (χ2v) is 5.58. The molecule has 2 aromatic rings. The number of hydrogen-bond donors (Lipinski definition) is 1. The first-order valence-corrected chi connectivity index (χ1v) is 8.87. The Hall–Kier alpha value is -2.76. The molecule has 1 atom stereocenters. The summed E-state index contributed by atoms with van der Waals surface area (Å²) < 4.78 is 17.0. The highest BCUT2D eigenvalue weighted by Crippen LogP contribution is 2.39. The highest BCUT2D eigenvalue weighted by molar-refractivity contribution is 5.95. The number of nitrogens with zero attached hydrogens (tertiary/aromatic N) is 1. The Labute approximate surface area is 154 Å². The molecule has 1 N–H and O–H groups in total. The molecule has 140 valence electrons. The minimum Gasteiger partial charge on any atom is -0.490 e.